The minimum Gasteiger partial charge on any atom is -0.384 e. The zero-order chi connectivity index (χ0) is 14.8. The van der Waals surface area contributed by atoms with Gasteiger partial charge in [0.1, 0.15) is 5.60 Å². The maximum absolute atomic E-state index is 12.4. The lowest BCUT2D eigenvalue weighted by atomic mass is 9.99. The second-order valence-electron chi connectivity index (χ2n) is 5.21. The van der Waals surface area contributed by atoms with Gasteiger partial charge in [0.25, 0.3) is 0 Å². The molecule has 0 amide bonds. The summed E-state index contributed by atoms with van der Waals surface area (Å²) < 4.78 is 24.7. The molecule has 4 heteroatoms. The van der Waals surface area contributed by atoms with E-state index in [1.54, 1.807) is 48.5 Å². The number of hydrogen-bond acceptors (Lipinski definition) is 3. The van der Waals surface area contributed by atoms with Crippen molar-refractivity contribution in [1.29, 1.82) is 0 Å². The number of aliphatic hydroxyl groups is 1. The molecule has 106 valence electrons. The molecule has 0 heterocycles. The van der Waals surface area contributed by atoms with Crippen molar-refractivity contribution >= 4 is 9.84 Å². The van der Waals surface area contributed by atoms with Crippen LogP contribution in [0.15, 0.2) is 59.5 Å². The van der Waals surface area contributed by atoms with Gasteiger partial charge in [0.05, 0.1) is 10.6 Å². The molecule has 20 heavy (non-hydrogen) atoms. The maximum atomic E-state index is 12.4. The lowest BCUT2D eigenvalue weighted by Gasteiger charge is -2.23. The largest absolute Gasteiger partial charge is 0.384 e. The van der Waals surface area contributed by atoms with E-state index in [2.05, 4.69) is 0 Å². The standard InChI is InChI=1S/C16H18O3S/c1-13-8-10-15(11-9-13)20(18,19)12-16(2,17)14-6-4-3-5-7-14/h3-11,17H,12H2,1-2H3/t16-/m1/s1. The van der Waals surface area contributed by atoms with E-state index < -0.39 is 15.4 Å². The summed E-state index contributed by atoms with van der Waals surface area (Å²) in [5.74, 6) is -0.340. The highest BCUT2D eigenvalue weighted by molar-refractivity contribution is 7.91. The molecule has 0 radical (unpaired) electrons. The molecule has 0 saturated heterocycles. The average Bonchev–Trinajstić information content (AvgIpc) is 2.39. The summed E-state index contributed by atoms with van der Waals surface area (Å²) >= 11 is 0. The van der Waals surface area contributed by atoms with Gasteiger partial charge in [-0.2, -0.15) is 0 Å². The van der Waals surface area contributed by atoms with Crippen LogP contribution >= 0.6 is 0 Å². The van der Waals surface area contributed by atoms with E-state index in [1.807, 2.05) is 13.0 Å². The first-order valence-corrected chi connectivity index (χ1v) is 8.04. The van der Waals surface area contributed by atoms with Gasteiger partial charge in [-0.15, -0.1) is 0 Å². The molecule has 2 rings (SSSR count). The third-order valence-electron chi connectivity index (χ3n) is 3.25. The summed E-state index contributed by atoms with van der Waals surface area (Å²) in [6.45, 7) is 3.42. The quantitative estimate of drug-likeness (QED) is 0.942. The summed E-state index contributed by atoms with van der Waals surface area (Å²) in [5, 5.41) is 10.5. The molecule has 0 aliphatic carbocycles. The fourth-order valence-corrected chi connectivity index (χ4v) is 3.70. The lowest BCUT2D eigenvalue weighted by molar-refractivity contribution is 0.0819. The Bertz CT molecular complexity index is 671. The van der Waals surface area contributed by atoms with Crippen molar-refractivity contribution in [3.05, 3.63) is 65.7 Å². The Morgan fingerprint density at radius 1 is 1.00 bits per heavy atom. The lowest BCUT2D eigenvalue weighted by Crippen LogP contribution is -2.31. The summed E-state index contributed by atoms with van der Waals surface area (Å²) in [4.78, 5) is 0.235. The van der Waals surface area contributed by atoms with Gasteiger partial charge in [0.15, 0.2) is 9.84 Å². The van der Waals surface area contributed by atoms with Gasteiger partial charge in [-0.25, -0.2) is 8.42 Å². The van der Waals surface area contributed by atoms with E-state index in [1.165, 1.54) is 6.92 Å². The predicted molar refractivity (Wildman–Crippen MR) is 79.2 cm³/mol. The second-order valence-corrected chi connectivity index (χ2v) is 7.20. The van der Waals surface area contributed by atoms with Gasteiger partial charge in [-0.1, -0.05) is 48.0 Å². The molecule has 0 bridgehead atoms. The Hall–Kier alpha value is -1.65. The van der Waals surface area contributed by atoms with E-state index >= 15 is 0 Å². The summed E-state index contributed by atoms with van der Waals surface area (Å²) in [7, 11) is -3.53. The summed E-state index contributed by atoms with van der Waals surface area (Å²) in [5.41, 5.74) is 0.180. The zero-order valence-corrected chi connectivity index (χ0v) is 12.4. The van der Waals surface area contributed by atoms with Gasteiger partial charge in [-0.3, -0.25) is 0 Å². The first kappa shape index (κ1) is 14.8. The van der Waals surface area contributed by atoms with Gasteiger partial charge in [-0.05, 0) is 31.5 Å². The van der Waals surface area contributed by atoms with Crippen LogP contribution in [0.4, 0.5) is 0 Å². The Labute approximate surface area is 119 Å². The van der Waals surface area contributed by atoms with Crippen LogP contribution in [0.25, 0.3) is 0 Å². The smallest absolute Gasteiger partial charge is 0.181 e. The fourth-order valence-electron chi connectivity index (χ4n) is 2.08. The van der Waals surface area contributed by atoms with Crippen LogP contribution in [-0.2, 0) is 15.4 Å². The van der Waals surface area contributed by atoms with Crippen LogP contribution in [0.3, 0.4) is 0 Å². The maximum Gasteiger partial charge on any atom is 0.181 e. The minimum absolute atomic E-state index is 0.235. The number of hydrogen-bond donors (Lipinski definition) is 1. The average molecular weight is 290 g/mol. The number of aryl methyl sites for hydroxylation is 1. The highest BCUT2D eigenvalue weighted by atomic mass is 32.2. The molecule has 1 N–H and O–H groups in total. The number of sulfone groups is 1. The van der Waals surface area contributed by atoms with Crippen LogP contribution in [0.1, 0.15) is 18.1 Å². The van der Waals surface area contributed by atoms with Crippen molar-refractivity contribution in [2.45, 2.75) is 24.3 Å². The Morgan fingerprint density at radius 2 is 1.55 bits per heavy atom. The van der Waals surface area contributed by atoms with Crippen molar-refractivity contribution in [1.82, 2.24) is 0 Å². The van der Waals surface area contributed by atoms with Crippen LogP contribution in [0, 0.1) is 6.92 Å². The first-order valence-electron chi connectivity index (χ1n) is 6.39. The van der Waals surface area contributed by atoms with Crippen molar-refractivity contribution in [3.63, 3.8) is 0 Å². The van der Waals surface area contributed by atoms with Crippen molar-refractivity contribution in [3.8, 4) is 0 Å². The van der Waals surface area contributed by atoms with Crippen molar-refractivity contribution < 1.29 is 13.5 Å². The summed E-state index contributed by atoms with van der Waals surface area (Å²) in [6.07, 6.45) is 0. The molecular formula is C16H18O3S. The Balaban J connectivity index is 2.30. The predicted octanol–water partition coefficient (Wildman–Crippen LogP) is 2.68. The van der Waals surface area contributed by atoms with Crippen molar-refractivity contribution in [2.75, 3.05) is 5.75 Å². The monoisotopic (exact) mass is 290 g/mol. The molecule has 0 unspecified atom stereocenters. The van der Waals surface area contributed by atoms with Crippen molar-refractivity contribution in [2.24, 2.45) is 0 Å². The molecule has 0 aromatic heterocycles. The van der Waals surface area contributed by atoms with Crippen LogP contribution in [-0.4, -0.2) is 19.3 Å². The third kappa shape index (κ3) is 3.26. The molecular weight excluding hydrogens is 272 g/mol. The SMILES string of the molecule is Cc1ccc(S(=O)(=O)C[C@@](C)(O)c2ccccc2)cc1. The van der Waals surface area contributed by atoms with E-state index in [4.69, 9.17) is 0 Å². The molecule has 2 aromatic rings. The van der Waals surface area contributed by atoms with E-state index in [0.29, 0.717) is 5.56 Å². The molecule has 0 spiro atoms. The Kier molecular flexibility index (Phi) is 3.97. The molecule has 0 aliphatic rings. The Morgan fingerprint density at radius 3 is 2.10 bits per heavy atom. The van der Waals surface area contributed by atoms with Crippen LogP contribution < -0.4 is 0 Å². The van der Waals surface area contributed by atoms with Gasteiger partial charge >= 0.3 is 0 Å². The fraction of sp³-hybridized carbons (Fsp3) is 0.250. The van der Waals surface area contributed by atoms with Gasteiger partial charge < -0.3 is 5.11 Å². The van der Waals surface area contributed by atoms with Crippen LogP contribution in [0.2, 0.25) is 0 Å². The summed E-state index contributed by atoms with van der Waals surface area (Å²) in [6, 6.07) is 15.5. The number of benzene rings is 2. The normalized spacial score (nSPS) is 14.8. The minimum atomic E-state index is -3.53. The molecule has 0 aliphatic heterocycles. The highest BCUT2D eigenvalue weighted by Gasteiger charge is 2.31. The van der Waals surface area contributed by atoms with Crippen LogP contribution in [0.5, 0.6) is 0 Å². The number of rotatable bonds is 4. The zero-order valence-electron chi connectivity index (χ0n) is 11.6. The second kappa shape index (κ2) is 5.38. The van der Waals surface area contributed by atoms with Gasteiger partial charge in [0, 0.05) is 0 Å². The van der Waals surface area contributed by atoms with E-state index in [-0.39, 0.29) is 10.6 Å². The molecule has 0 saturated carbocycles. The topological polar surface area (TPSA) is 54.4 Å². The van der Waals surface area contributed by atoms with E-state index in [0.717, 1.165) is 5.56 Å². The third-order valence-corrected chi connectivity index (χ3v) is 5.18. The van der Waals surface area contributed by atoms with E-state index in [9.17, 15) is 13.5 Å². The molecule has 1 atom stereocenters. The van der Waals surface area contributed by atoms with Gasteiger partial charge in [0.2, 0.25) is 0 Å². The molecule has 2 aromatic carbocycles. The highest BCUT2D eigenvalue weighted by Crippen LogP contribution is 2.25. The molecule has 0 fully saturated rings. The first-order chi connectivity index (χ1) is 9.31. The molecule has 3 nitrogen and oxygen atoms in total.